The number of pyridine rings is 1. The molecule has 0 aliphatic rings. The lowest BCUT2D eigenvalue weighted by molar-refractivity contribution is -0.116. The second kappa shape index (κ2) is 7.87. The van der Waals surface area contributed by atoms with Crippen molar-refractivity contribution in [2.75, 3.05) is 5.32 Å². The quantitative estimate of drug-likeness (QED) is 0.451. The zero-order valence-electron chi connectivity index (χ0n) is 16.6. The lowest BCUT2D eigenvalue weighted by Gasteiger charge is -2.15. The summed E-state index contributed by atoms with van der Waals surface area (Å²) in [7, 11) is 0. The lowest BCUT2D eigenvalue weighted by atomic mass is 10.1. The third kappa shape index (κ3) is 3.69. The molecule has 2 aromatic heterocycles. The molecule has 5 aromatic rings. The van der Waals surface area contributed by atoms with Crippen LogP contribution in [0.5, 0.6) is 0 Å². The maximum absolute atomic E-state index is 12.9. The topological polar surface area (TPSA) is 81.8 Å². The van der Waals surface area contributed by atoms with E-state index in [2.05, 4.69) is 15.4 Å². The molecule has 152 valence electrons. The third-order valence-electron chi connectivity index (χ3n) is 5.20. The Balaban J connectivity index is 1.46. The Hall–Kier alpha value is -4.26. The number of anilines is 1. The lowest BCUT2D eigenvalue weighted by Crippen LogP contribution is -2.21. The third-order valence-corrected chi connectivity index (χ3v) is 5.20. The van der Waals surface area contributed by atoms with E-state index in [9.17, 15) is 9.59 Å². The number of hydrogen-bond acceptors (Lipinski definition) is 4. The van der Waals surface area contributed by atoms with Crippen LogP contribution in [0.1, 0.15) is 5.56 Å². The smallest absolute Gasteiger partial charge is 0.244 e. The highest BCUT2D eigenvalue weighted by Crippen LogP contribution is 2.19. The number of carbonyl (C=O) groups is 1. The van der Waals surface area contributed by atoms with Gasteiger partial charge in [-0.15, -0.1) is 0 Å². The van der Waals surface area contributed by atoms with E-state index in [1.165, 1.54) is 6.33 Å². The standard InChI is InChI=1S/C24H19N5O2/c30-23(27-18-7-5-6-17(12-18)13-28-16-25-15-26-28)14-29-21-10-3-1-8-19(21)24(31)20-9-2-4-11-22(20)29/h1-12,15-16H,13-14H2,(H,27,30). The molecule has 7 nitrogen and oxygen atoms in total. The number of nitrogens with zero attached hydrogens (tertiary/aromatic N) is 4. The van der Waals surface area contributed by atoms with E-state index in [4.69, 9.17) is 0 Å². The van der Waals surface area contributed by atoms with E-state index < -0.39 is 0 Å². The molecule has 0 atom stereocenters. The summed E-state index contributed by atoms with van der Waals surface area (Å²) < 4.78 is 3.61. The van der Waals surface area contributed by atoms with Crippen LogP contribution in [-0.2, 0) is 17.9 Å². The van der Waals surface area contributed by atoms with Crippen LogP contribution in [-0.4, -0.2) is 25.2 Å². The monoisotopic (exact) mass is 409 g/mol. The van der Waals surface area contributed by atoms with Gasteiger partial charge in [-0.05, 0) is 42.0 Å². The first-order valence-corrected chi connectivity index (χ1v) is 9.90. The minimum Gasteiger partial charge on any atom is -0.331 e. The molecule has 3 aromatic carbocycles. The van der Waals surface area contributed by atoms with Crippen molar-refractivity contribution in [2.24, 2.45) is 0 Å². The van der Waals surface area contributed by atoms with Crippen LogP contribution in [0.25, 0.3) is 21.8 Å². The minimum absolute atomic E-state index is 0.0244. The Morgan fingerprint density at radius 2 is 1.61 bits per heavy atom. The molecule has 1 amide bonds. The molecule has 2 heterocycles. The van der Waals surface area contributed by atoms with Gasteiger partial charge in [-0.25, -0.2) is 9.67 Å². The zero-order chi connectivity index (χ0) is 21.2. The van der Waals surface area contributed by atoms with Gasteiger partial charge in [0.25, 0.3) is 0 Å². The Labute approximate surface area is 177 Å². The molecule has 0 fully saturated rings. The number of rotatable bonds is 5. The highest BCUT2D eigenvalue weighted by atomic mass is 16.2. The molecule has 0 saturated heterocycles. The van der Waals surface area contributed by atoms with Crippen LogP contribution in [0.3, 0.4) is 0 Å². The number of hydrogen-bond donors (Lipinski definition) is 1. The molecule has 5 rings (SSSR count). The first kappa shape index (κ1) is 18.7. The highest BCUT2D eigenvalue weighted by Gasteiger charge is 2.13. The Bertz CT molecular complexity index is 1390. The summed E-state index contributed by atoms with van der Waals surface area (Å²) in [5.74, 6) is -0.170. The van der Waals surface area contributed by atoms with Gasteiger partial charge in [0, 0.05) is 16.5 Å². The van der Waals surface area contributed by atoms with Gasteiger partial charge in [-0.2, -0.15) is 5.10 Å². The van der Waals surface area contributed by atoms with Crippen molar-refractivity contribution in [3.63, 3.8) is 0 Å². The van der Waals surface area contributed by atoms with Gasteiger partial charge in [0.05, 0.1) is 17.6 Å². The van der Waals surface area contributed by atoms with Gasteiger partial charge in [-0.3, -0.25) is 9.59 Å². The molecule has 0 aliphatic heterocycles. The second-order valence-corrected chi connectivity index (χ2v) is 7.29. The number of aromatic nitrogens is 4. The minimum atomic E-state index is -0.170. The summed E-state index contributed by atoms with van der Waals surface area (Å²) >= 11 is 0. The number of amides is 1. The van der Waals surface area contributed by atoms with E-state index in [1.54, 1.807) is 23.1 Å². The fourth-order valence-corrected chi connectivity index (χ4v) is 3.84. The molecule has 0 spiro atoms. The summed E-state index contributed by atoms with van der Waals surface area (Å²) in [6.45, 7) is 0.660. The average Bonchev–Trinajstić information content (AvgIpc) is 3.30. The predicted octanol–water partition coefficient (Wildman–Crippen LogP) is 3.43. The summed E-state index contributed by atoms with van der Waals surface area (Å²) in [5, 5.41) is 8.29. The van der Waals surface area contributed by atoms with Gasteiger partial charge >= 0.3 is 0 Å². The van der Waals surface area contributed by atoms with E-state index >= 15 is 0 Å². The molecule has 0 aliphatic carbocycles. The number of benzene rings is 3. The zero-order valence-corrected chi connectivity index (χ0v) is 16.6. The summed E-state index contributed by atoms with van der Waals surface area (Å²) in [6.07, 6.45) is 3.14. The SMILES string of the molecule is O=C(Cn1c2ccccc2c(=O)c2ccccc21)Nc1cccc(Cn2cncn2)c1. The molecule has 31 heavy (non-hydrogen) atoms. The molecule has 1 N–H and O–H groups in total. The van der Waals surface area contributed by atoms with Crippen molar-refractivity contribution in [1.82, 2.24) is 19.3 Å². The summed E-state index contributed by atoms with van der Waals surface area (Å²) in [4.78, 5) is 29.8. The fourth-order valence-electron chi connectivity index (χ4n) is 3.84. The van der Waals surface area contributed by atoms with Gasteiger partial charge in [-0.1, -0.05) is 36.4 Å². The van der Waals surface area contributed by atoms with Crippen molar-refractivity contribution in [3.05, 3.63) is 101 Å². The van der Waals surface area contributed by atoms with Crippen molar-refractivity contribution in [2.45, 2.75) is 13.1 Å². The number of nitrogens with one attached hydrogen (secondary N) is 1. The highest BCUT2D eigenvalue weighted by molar-refractivity contribution is 5.97. The Kier molecular flexibility index (Phi) is 4.76. The Morgan fingerprint density at radius 1 is 0.903 bits per heavy atom. The first-order chi connectivity index (χ1) is 15.2. The van der Waals surface area contributed by atoms with E-state index in [0.29, 0.717) is 23.0 Å². The van der Waals surface area contributed by atoms with Crippen LogP contribution < -0.4 is 10.7 Å². The van der Waals surface area contributed by atoms with E-state index in [1.807, 2.05) is 65.2 Å². The van der Waals surface area contributed by atoms with E-state index in [0.717, 1.165) is 16.6 Å². The van der Waals surface area contributed by atoms with Crippen molar-refractivity contribution in [1.29, 1.82) is 0 Å². The van der Waals surface area contributed by atoms with Gasteiger partial charge < -0.3 is 9.88 Å². The Morgan fingerprint density at radius 3 is 2.29 bits per heavy atom. The fraction of sp³-hybridized carbons (Fsp3) is 0.0833. The first-order valence-electron chi connectivity index (χ1n) is 9.90. The van der Waals surface area contributed by atoms with Crippen LogP contribution in [0.2, 0.25) is 0 Å². The molecule has 0 bridgehead atoms. The predicted molar refractivity (Wildman–Crippen MR) is 120 cm³/mol. The van der Waals surface area contributed by atoms with Crippen molar-refractivity contribution >= 4 is 33.4 Å². The average molecular weight is 409 g/mol. The van der Waals surface area contributed by atoms with Crippen LogP contribution in [0, 0.1) is 0 Å². The molecular weight excluding hydrogens is 390 g/mol. The van der Waals surface area contributed by atoms with E-state index in [-0.39, 0.29) is 17.9 Å². The number of fused-ring (bicyclic) bond motifs is 2. The van der Waals surface area contributed by atoms with Crippen LogP contribution >= 0.6 is 0 Å². The molecular formula is C24H19N5O2. The van der Waals surface area contributed by atoms with Gasteiger partial charge in [0.15, 0.2) is 5.43 Å². The maximum atomic E-state index is 12.9. The number of carbonyl (C=O) groups excluding carboxylic acids is 1. The normalized spacial score (nSPS) is 11.1. The summed E-state index contributed by atoms with van der Waals surface area (Å²) in [6, 6.07) is 22.4. The molecule has 0 unspecified atom stereocenters. The molecule has 7 heteroatoms. The van der Waals surface area contributed by atoms with Crippen LogP contribution in [0.4, 0.5) is 5.69 Å². The maximum Gasteiger partial charge on any atom is 0.244 e. The molecule has 0 radical (unpaired) electrons. The summed E-state index contributed by atoms with van der Waals surface area (Å²) in [5.41, 5.74) is 3.16. The number of para-hydroxylation sites is 2. The van der Waals surface area contributed by atoms with Crippen molar-refractivity contribution in [3.8, 4) is 0 Å². The van der Waals surface area contributed by atoms with Gasteiger partial charge in [0.1, 0.15) is 19.2 Å². The van der Waals surface area contributed by atoms with Gasteiger partial charge in [0.2, 0.25) is 5.91 Å². The van der Waals surface area contributed by atoms with Crippen LogP contribution in [0.15, 0.2) is 90.2 Å². The second-order valence-electron chi connectivity index (χ2n) is 7.29. The molecule has 0 saturated carbocycles. The van der Waals surface area contributed by atoms with Crippen molar-refractivity contribution < 1.29 is 4.79 Å². The largest absolute Gasteiger partial charge is 0.331 e.